The number of likely N-dealkylation sites (N-methyl/N-ethyl adjacent to an activating group) is 1. The number of carbonyl (C=O) groups is 1. The topological polar surface area (TPSA) is 32.8 Å². The number of hydrogen-bond donors (Lipinski definition) is 0. The zero-order valence-corrected chi connectivity index (χ0v) is 11.1. The second kappa shape index (κ2) is 3.81. The third-order valence-corrected chi connectivity index (χ3v) is 4.87. The number of carbonyl (C=O) groups excluding carboxylic acids is 1. The molecule has 4 heteroatoms. The van der Waals surface area contributed by atoms with Crippen molar-refractivity contribution in [2.24, 2.45) is 0 Å². The summed E-state index contributed by atoms with van der Waals surface area (Å²) in [6.07, 6.45) is 1.57. The Balaban J connectivity index is 1.68. The van der Waals surface area contributed by atoms with Crippen LogP contribution in [0.4, 0.5) is 0 Å². The lowest BCUT2D eigenvalue weighted by atomic mass is 10.1. The van der Waals surface area contributed by atoms with Crippen LogP contribution in [0, 0.1) is 0 Å². The van der Waals surface area contributed by atoms with E-state index < -0.39 is 0 Å². The molecule has 3 saturated heterocycles. The third-order valence-electron chi connectivity index (χ3n) is 4.87. The van der Waals surface area contributed by atoms with Gasteiger partial charge in [-0.2, -0.15) is 0 Å². The minimum absolute atomic E-state index is 0.0273. The molecule has 1 amide bonds. The van der Waals surface area contributed by atoms with Crippen molar-refractivity contribution >= 4 is 5.91 Å². The molecular weight excluding hydrogens is 240 g/mol. The molecule has 0 N–H and O–H groups in total. The van der Waals surface area contributed by atoms with Crippen LogP contribution >= 0.6 is 0 Å². The number of nitrogens with zero attached hydrogens (tertiary/aromatic N) is 2. The molecule has 0 aliphatic carbocycles. The zero-order valence-electron chi connectivity index (χ0n) is 11.1. The van der Waals surface area contributed by atoms with E-state index in [9.17, 15) is 4.79 Å². The Morgan fingerprint density at radius 1 is 1.32 bits per heavy atom. The second-order valence-corrected chi connectivity index (χ2v) is 5.82. The first-order valence-electron chi connectivity index (χ1n) is 6.94. The van der Waals surface area contributed by atoms with E-state index in [4.69, 9.17) is 4.74 Å². The van der Waals surface area contributed by atoms with Gasteiger partial charge in [0.15, 0.2) is 5.72 Å². The summed E-state index contributed by atoms with van der Waals surface area (Å²) in [5.41, 5.74) is 0.819. The van der Waals surface area contributed by atoms with Crippen LogP contribution in [0.15, 0.2) is 30.3 Å². The van der Waals surface area contributed by atoms with Crippen LogP contribution in [0.1, 0.15) is 24.5 Å². The summed E-state index contributed by atoms with van der Waals surface area (Å²) in [6, 6.07) is 10.5. The van der Waals surface area contributed by atoms with Gasteiger partial charge in [0, 0.05) is 19.4 Å². The van der Waals surface area contributed by atoms with Gasteiger partial charge in [0.1, 0.15) is 6.10 Å². The molecule has 19 heavy (non-hydrogen) atoms. The Bertz CT molecular complexity index is 518. The second-order valence-electron chi connectivity index (χ2n) is 5.82. The summed E-state index contributed by atoms with van der Waals surface area (Å²) in [7, 11) is 2.09. The Labute approximate surface area is 112 Å². The fourth-order valence-electron chi connectivity index (χ4n) is 3.87. The standard InChI is InChI=1S/C15H18N2O2/c1-16-8-7-15-13(16)9-14(18)17(15)10-12(19-15)11-5-3-2-4-6-11/h2-6,12-13H,7-10H2,1H3/t12-,13-,15+/m1/s1. The van der Waals surface area contributed by atoms with Gasteiger partial charge in [-0.05, 0) is 12.6 Å². The lowest BCUT2D eigenvalue weighted by molar-refractivity contribution is -0.138. The molecule has 3 aliphatic heterocycles. The van der Waals surface area contributed by atoms with E-state index >= 15 is 0 Å². The van der Waals surface area contributed by atoms with Crippen LogP contribution in [-0.4, -0.2) is 47.6 Å². The van der Waals surface area contributed by atoms with Gasteiger partial charge in [0.2, 0.25) is 5.91 Å². The van der Waals surface area contributed by atoms with Gasteiger partial charge in [-0.1, -0.05) is 30.3 Å². The normalized spacial score (nSPS) is 37.7. The molecular formula is C15H18N2O2. The summed E-state index contributed by atoms with van der Waals surface area (Å²) in [4.78, 5) is 16.5. The molecule has 1 aromatic carbocycles. The molecule has 1 aromatic rings. The highest BCUT2D eigenvalue weighted by Crippen LogP contribution is 2.49. The fraction of sp³-hybridized carbons (Fsp3) is 0.533. The van der Waals surface area contributed by atoms with Crippen molar-refractivity contribution in [2.75, 3.05) is 20.1 Å². The summed E-state index contributed by atoms with van der Waals surface area (Å²) in [6.45, 7) is 1.71. The number of benzene rings is 1. The van der Waals surface area contributed by atoms with Crippen LogP contribution < -0.4 is 0 Å². The molecule has 3 heterocycles. The Hall–Kier alpha value is -1.39. The smallest absolute Gasteiger partial charge is 0.226 e. The number of hydrogen-bond acceptors (Lipinski definition) is 3. The predicted molar refractivity (Wildman–Crippen MR) is 70.4 cm³/mol. The van der Waals surface area contributed by atoms with E-state index in [-0.39, 0.29) is 23.8 Å². The summed E-state index contributed by atoms with van der Waals surface area (Å²) in [5, 5.41) is 0. The van der Waals surface area contributed by atoms with Crippen LogP contribution in [0.3, 0.4) is 0 Å². The maximum atomic E-state index is 12.2. The number of amides is 1. The highest BCUT2D eigenvalue weighted by molar-refractivity contribution is 5.81. The lowest BCUT2D eigenvalue weighted by Crippen LogP contribution is -2.46. The quantitative estimate of drug-likeness (QED) is 0.763. The summed E-state index contributed by atoms with van der Waals surface area (Å²) < 4.78 is 6.39. The summed E-state index contributed by atoms with van der Waals surface area (Å²) >= 11 is 0. The molecule has 100 valence electrons. The molecule has 0 radical (unpaired) electrons. The number of ether oxygens (including phenoxy) is 1. The van der Waals surface area contributed by atoms with Gasteiger partial charge in [-0.15, -0.1) is 0 Å². The van der Waals surface area contributed by atoms with Crippen molar-refractivity contribution in [3.05, 3.63) is 35.9 Å². The molecule has 3 aliphatic rings. The molecule has 4 nitrogen and oxygen atoms in total. The maximum absolute atomic E-state index is 12.2. The van der Waals surface area contributed by atoms with Crippen molar-refractivity contribution < 1.29 is 9.53 Å². The predicted octanol–water partition coefficient (Wildman–Crippen LogP) is 1.39. The van der Waals surface area contributed by atoms with E-state index in [0.29, 0.717) is 13.0 Å². The fourth-order valence-corrected chi connectivity index (χ4v) is 3.87. The Kier molecular flexibility index (Phi) is 2.29. The monoisotopic (exact) mass is 258 g/mol. The number of rotatable bonds is 1. The minimum atomic E-state index is -0.355. The van der Waals surface area contributed by atoms with Crippen molar-refractivity contribution in [1.29, 1.82) is 0 Å². The van der Waals surface area contributed by atoms with Crippen molar-refractivity contribution in [2.45, 2.75) is 30.7 Å². The largest absolute Gasteiger partial charge is 0.344 e. The third kappa shape index (κ3) is 1.44. The van der Waals surface area contributed by atoms with Crippen LogP contribution in [0.5, 0.6) is 0 Å². The first kappa shape index (κ1) is 11.4. The van der Waals surface area contributed by atoms with E-state index in [2.05, 4.69) is 24.1 Å². The molecule has 3 atom stereocenters. The van der Waals surface area contributed by atoms with Crippen LogP contribution in [0.2, 0.25) is 0 Å². The molecule has 0 saturated carbocycles. The molecule has 3 fully saturated rings. The van der Waals surface area contributed by atoms with Gasteiger partial charge >= 0.3 is 0 Å². The maximum Gasteiger partial charge on any atom is 0.226 e. The van der Waals surface area contributed by atoms with Crippen molar-refractivity contribution in [3.8, 4) is 0 Å². The van der Waals surface area contributed by atoms with Crippen LogP contribution in [-0.2, 0) is 9.53 Å². The average Bonchev–Trinajstić information content (AvgIpc) is 3.03. The lowest BCUT2D eigenvalue weighted by Gasteiger charge is -2.31. The first-order valence-corrected chi connectivity index (χ1v) is 6.94. The van der Waals surface area contributed by atoms with Gasteiger partial charge in [0.05, 0.1) is 12.6 Å². The molecule has 0 unspecified atom stereocenters. The van der Waals surface area contributed by atoms with Crippen molar-refractivity contribution in [3.63, 3.8) is 0 Å². The van der Waals surface area contributed by atoms with E-state index in [0.717, 1.165) is 13.0 Å². The van der Waals surface area contributed by atoms with Gasteiger partial charge in [-0.3, -0.25) is 9.69 Å². The Morgan fingerprint density at radius 2 is 2.11 bits per heavy atom. The highest BCUT2D eigenvalue weighted by Gasteiger charge is 2.63. The zero-order chi connectivity index (χ0) is 13.0. The van der Waals surface area contributed by atoms with Gasteiger partial charge in [-0.25, -0.2) is 0 Å². The molecule has 1 spiro atoms. The number of likely N-dealkylation sites (tertiary alicyclic amines) is 1. The summed E-state index contributed by atoms with van der Waals surface area (Å²) in [5.74, 6) is 0.245. The van der Waals surface area contributed by atoms with E-state index in [1.165, 1.54) is 5.56 Å². The SMILES string of the molecule is CN1CC[C@@]23O[C@@H](c4ccccc4)CN2C(=O)C[C@@H]13. The van der Waals surface area contributed by atoms with E-state index in [1.807, 2.05) is 23.1 Å². The van der Waals surface area contributed by atoms with E-state index in [1.54, 1.807) is 0 Å². The van der Waals surface area contributed by atoms with Crippen LogP contribution in [0.25, 0.3) is 0 Å². The Morgan fingerprint density at radius 3 is 2.89 bits per heavy atom. The van der Waals surface area contributed by atoms with Gasteiger partial charge < -0.3 is 9.64 Å². The first-order chi connectivity index (χ1) is 9.21. The molecule has 0 bridgehead atoms. The highest BCUT2D eigenvalue weighted by atomic mass is 16.5. The average molecular weight is 258 g/mol. The molecule has 4 rings (SSSR count). The minimum Gasteiger partial charge on any atom is -0.344 e. The van der Waals surface area contributed by atoms with Gasteiger partial charge in [0.25, 0.3) is 0 Å². The molecule has 0 aromatic heterocycles. The van der Waals surface area contributed by atoms with Crippen molar-refractivity contribution in [1.82, 2.24) is 9.80 Å².